The number of hydrogen-bond donors (Lipinski definition) is 1. The van der Waals surface area contributed by atoms with Gasteiger partial charge >= 0.3 is 0 Å². The number of rotatable bonds is 12. The lowest BCUT2D eigenvalue weighted by Gasteiger charge is -2.26. The van der Waals surface area contributed by atoms with Gasteiger partial charge in [0.2, 0.25) is 0 Å². The third kappa shape index (κ3) is 10.8. The van der Waals surface area contributed by atoms with E-state index in [0.717, 1.165) is 38.5 Å². The van der Waals surface area contributed by atoms with Crippen LogP contribution >= 0.6 is 0 Å². The summed E-state index contributed by atoms with van der Waals surface area (Å²) < 4.78 is 31.7. The van der Waals surface area contributed by atoms with Gasteiger partial charge in [0.1, 0.15) is 30.9 Å². The van der Waals surface area contributed by atoms with Crippen molar-refractivity contribution in [3.63, 3.8) is 0 Å². The maximum Gasteiger partial charge on any atom is 0.270 e. The highest BCUT2D eigenvalue weighted by molar-refractivity contribution is 7.85. The van der Waals surface area contributed by atoms with Crippen LogP contribution < -0.4 is 0 Å². The minimum atomic E-state index is -3.97. The molecule has 0 spiro atoms. The minimum absolute atomic E-state index is 0.254. The van der Waals surface area contributed by atoms with Gasteiger partial charge in [0.25, 0.3) is 10.1 Å². The van der Waals surface area contributed by atoms with Gasteiger partial charge in [-0.1, -0.05) is 40.0 Å². The molecule has 0 bridgehead atoms. The zero-order chi connectivity index (χ0) is 16.9. The molecule has 0 aromatic heterocycles. The van der Waals surface area contributed by atoms with E-state index in [2.05, 4.69) is 39.0 Å². The predicted molar refractivity (Wildman–Crippen MR) is 93.7 cm³/mol. The van der Waals surface area contributed by atoms with Crippen molar-refractivity contribution in [3.05, 3.63) is 36.8 Å². The summed E-state index contributed by atoms with van der Waals surface area (Å²) in [4.78, 5) is 0. The molecule has 0 saturated carbocycles. The van der Waals surface area contributed by atoms with Gasteiger partial charge in [0, 0.05) is 0 Å². The van der Waals surface area contributed by atoms with Crippen LogP contribution in [0.2, 0.25) is 0 Å². The normalized spacial score (nSPS) is 13.8. The molecule has 0 atom stereocenters. The number of nitrogens with zero attached hydrogens (tertiary/aromatic N) is 1. The van der Waals surface area contributed by atoms with Crippen LogP contribution in [0.5, 0.6) is 0 Å². The molecule has 0 amide bonds. The quantitative estimate of drug-likeness (QED) is 0.419. The van der Waals surface area contributed by atoms with E-state index in [4.69, 9.17) is 4.55 Å². The Kier molecular flexibility index (Phi) is 11.1. The van der Waals surface area contributed by atoms with Gasteiger partial charge in [-0.2, -0.15) is 8.42 Å². The second kappa shape index (κ2) is 11.6. The van der Waals surface area contributed by atoms with E-state index in [1.165, 1.54) is 0 Å². The number of unbranched alkanes of at least 4 members (excludes halogenated alkanes) is 3. The van der Waals surface area contributed by atoms with Gasteiger partial charge in [0.15, 0.2) is 0 Å². The standard InChI is InChI=1S/C17H31NO3S/c1-4-7-10-13-18(14-11-8-5-2,15-12-9-6-3)16-17-22(19,20)21/h10-15H,4-9,16-17H2,1-3H3/p+1/b13-10+,14-11+,15-12+. The molecule has 0 aromatic carbocycles. The molecule has 0 aliphatic rings. The molecule has 0 aliphatic carbocycles. The Hall–Kier alpha value is -0.910. The zero-order valence-electron chi connectivity index (χ0n) is 14.2. The van der Waals surface area contributed by atoms with E-state index in [-0.39, 0.29) is 5.75 Å². The Morgan fingerprint density at radius 1 is 0.818 bits per heavy atom. The highest BCUT2D eigenvalue weighted by atomic mass is 32.2. The van der Waals surface area contributed by atoms with Crippen LogP contribution in [0.3, 0.4) is 0 Å². The summed E-state index contributed by atoms with van der Waals surface area (Å²) in [7, 11) is -3.97. The molecule has 0 fully saturated rings. The fourth-order valence-electron chi connectivity index (χ4n) is 1.96. The second-order valence-corrected chi connectivity index (χ2v) is 7.10. The summed E-state index contributed by atoms with van der Waals surface area (Å²) >= 11 is 0. The van der Waals surface area contributed by atoms with E-state index in [9.17, 15) is 8.42 Å². The van der Waals surface area contributed by atoms with Gasteiger partial charge < -0.3 is 0 Å². The SMILES string of the molecule is CCC/C=C/[N+](/C=C/CCC)(/C=C/CCC)CCS(=O)(=O)O. The highest BCUT2D eigenvalue weighted by Crippen LogP contribution is 2.15. The van der Waals surface area contributed by atoms with Crippen molar-refractivity contribution >= 4 is 10.1 Å². The molecule has 0 aliphatic heterocycles. The van der Waals surface area contributed by atoms with Gasteiger partial charge in [0.05, 0.1) is 0 Å². The Morgan fingerprint density at radius 3 is 1.45 bits per heavy atom. The summed E-state index contributed by atoms with van der Waals surface area (Å²) in [5.74, 6) is -0.254. The van der Waals surface area contributed by atoms with Crippen LogP contribution in [0.4, 0.5) is 0 Å². The lowest BCUT2D eigenvalue weighted by molar-refractivity contribution is -0.770. The van der Waals surface area contributed by atoms with E-state index in [1.54, 1.807) is 0 Å². The first-order valence-electron chi connectivity index (χ1n) is 8.24. The Bertz CT molecular complexity index is 424. The van der Waals surface area contributed by atoms with E-state index in [1.807, 2.05) is 18.6 Å². The van der Waals surface area contributed by atoms with Crippen LogP contribution in [0.25, 0.3) is 0 Å². The number of quaternary nitrogens is 1. The molecule has 0 rings (SSSR count). The van der Waals surface area contributed by atoms with Crippen LogP contribution in [0.1, 0.15) is 59.3 Å². The molecule has 128 valence electrons. The van der Waals surface area contributed by atoms with Crippen molar-refractivity contribution < 1.29 is 17.5 Å². The molecule has 0 unspecified atom stereocenters. The molecular weight excluding hydrogens is 298 g/mol. The molecule has 1 N–H and O–H groups in total. The lowest BCUT2D eigenvalue weighted by atomic mass is 10.2. The molecule has 0 radical (unpaired) electrons. The van der Waals surface area contributed by atoms with E-state index in [0.29, 0.717) is 11.0 Å². The average Bonchev–Trinajstić information content (AvgIpc) is 2.45. The lowest BCUT2D eigenvalue weighted by Crippen LogP contribution is -2.35. The van der Waals surface area contributed by atoms with Gasteiger partial charge in [-0.15, -0.1) is 0 Å². The predicted octanol–water partition coefficient (Wildman–Crippen LogP) is 4.63. The molecule has 4 nitrogen and oxygen atoms in total. The average molecular weight is 331 g/mol. The third-order valence-electron chi connectivity index (χ3n) is 3.25. The number of allylic oxidation sites excluding steroid dienone is 3. The van der Waals surface area contributed by atoms with E-state index >= 15 is 0 Å². The van der Waals surface area contributed by atoms with Crippen molar-refractivity contribution in [2.45, 2.75) is 59.3 Å². The van der Waals surface area contributed by atoms with Crippen LogP contribution in [-0.2, 0) is 10.1 Å². The fourth-order valence-corrected chi connectivity index (χ4v) is 2.51. The van der Waals surface area contributed by atoms with Crippen molar-refractivity contribution in [1.82, 2.24) is 0 Å². The monoisotopic (exact) mass is 330 g/mol. The third-order valence-corrected chi connectivity index (χ3v) is 3.95. The summed E-state index contributed by atoms with van der Waals surface area (Å²) in [6.45, 7) is 6.63. The molecule has 0 saturated heterocycles. The molecule has 0 heterocycles. The topological polar surface area (TPSA) is 54.4 Å². The Labute approximate surface area is 136 Å². The molecule has 5 heteroatoms. The van der Waals surface area contributed by atoms with Gasteiger partial charge in [-0.25, -0.2) is 4.48 Å². The largest absolute Gasteiger partial charge is 0.285 e. The maximum absolute atomic E-state index is 11.1. The highest BCUT2D eigenvalue weighted by Gasteiger charge is 2.22. The first-order valence-corrected chi connectivity index (χ1v) is 9.85. The fraction of sp³-hybridized carbons (Fsp3) is 0.647. The number of hydrogen-bond acceptors (Lipinski definition) is 2. The van der Waals surface area contributed by atoms with Crippen LogP contribution in [0.15, 0.2) is 36.8 Å². The van der Waals surface area contributed by atoms with Gasteiger partial charge in [-0.05, 0) is 37.5 Å². The van der Waals surface area contributed by atoms with Crippen molar-refractivity contribution in [3.8, 4) is 0 Å². The first kappa shape index (κ1) is 21.1. The molecular formula is C17H32NO3S+. The van der Waals surface area contributed by atoms with Crippen molar-refractivity contribution in [2.75, 3.05) is 12.3 Å². The van der Waals surface area contributed by atoms with Crippen molar-refractivity contribution in [1.29, 1.82) is 0 Å². The first-order chi connectivity index (χ1) is 10.4. The van der Waals surface area contributed by atoms with E-state index < -0.39 is 10.1 Å². The zero-order valence-corrected chi connectivity index (χ0v) is 15.1. The summed E-state index contributed by atoms with van der Waals surface area (Å²) in [6, 6.07) is 0. The van der Waals surface area contributed by atoms with Crippen molar-refractivity contribution in [2.24, 2.45) is 0 Å². The Morgan fingerprint density at radius 2 is 1.18 bits per heavy atom. The Balaban J connectivity index is 5.36. The molecule has 22 heavy (non-hydrogen) atoms. The van der Waals surface area contributed by atoms with Crippen LogP contribution in [0, 0.1) is 0 Å². The van der Waals surface area contributed by atoms with Crippen LogP contribution in [-0.4, -0.2) is 29.8 Å². The second-order valence-electron chi connectivity index (χ2n) is 5.52. The minimum Gasteiger partial charge on any atom is -0.285 e. The summed E-state index contributed by atoms with van der Waals surface area (Å²) in [6.07, 6.45) is 18.3. The molecule has 0 aromatic rings. The maximum atomic E-state index is 11.1. The smallest absolute Gasteiger partial charge is 0.270 e. The summed E-state index contributed by atoms with van der Waals surface area (Å²) in [5, 5.41) is 0. The van der Waals surface area contributed by atoms with Gasteiger partial charge in [-0.3, -0.25) is 4.55 Å². The summed E-state index contributed by atoms with van der Waals surface area (Å²) in [5.41, 5.74) is 0.